The Kier molecular flexibility index (Phi) is 7.69. The summed E-state index contributed by atoms with van der Waals surface area (Å²) in [6.07, 6.45) is 5.50. The lowest BCUT2D eigenvalue weighted by atomic mass is 10.1. The fourth-order valence-corrected chi connectivity index (χ4v) is 3.68. The Balaban J connectivity index is 1.56. The number of furan rings is 1. The summed E-state index contributed by atoms with van der Waals surface area (Å²) < 4.78 is 5.71. The predicted molar refractivity (Wildman–Crippen MR) is 116 cm³/mol. The molecule has 3 N–H and O–H groups in total. The minimum absolute atomic E-state index is 0.0748. The number of likely N-dealkylation sites (tertiary alicyclic amines) is 1. The fourth-order valence-electron chi connectivity index (χ4n) is 3.68. The summed E-state index contributed by atoms with van der Waals surface area (Å²) in [7, 11) is 1.77. The van der Waals surface area contributed by atoms with Gasteiger partial charge in [-0.3, -0.25) is 14.7 Å². The van der Waals surface area contributed by atoms with E-state index in [2.05, 4.69) is 25.8 Å². The highest BCUT2D eigenvalue weighted by atomic mass is 16.3. The van der Waals surface area contributed by atoms with Crippen molar-refractivity contribution in [2.24, 2.45) is 4.99 Å². The van der Waals surface area contributed by atoms with Gasteiger partial charge in [-0.25, -0.2) is 0 Å². The van der Waals surface area contributed by atoms with Crippen molar-refractivity contribution in [2.75, 3.05) is 32.0 Å². The molecule has 1 aromatic carbocycles. The zero-order valence-electron chi connectivity index (χ0n) is 17.3. The summed E-state index contributed by atoms with van der Waals surface area (Å²) in [4.78, 5) is 18.1. The highest BCUT2D eigenvalue weighted by Gasteiger charge is 2.24. The quantitative estimate of drug-likeness (QED) is 0.494. The van der Waals surface area contributed by atoms with Crippen molar-refractivity contribution in [1.29, 1.82) is 0 Å². The Morgan fingerprint density at radius 3 is 2.69 bits per heavy atom. The minimum Gasteiger partial charge on any atom is -0.468 e. The Bertz CT molecular complexity index is 797. The largest absolute Gasteiger partial charge is 0.468 e. The zero-order valence-corrected chi connectivity index (χ0v) is 17.3. The molecule has 156 valence electrons. The van der Waals surface area contributed by atoms with Crippen LogP contribution < -0.4 is 16.0 Å². The van der Waals surface area contributed by atoms with Crippen LogP contribution in [-0.2, 0) is 11.3 Å². The number of amides is 1. The van der Waals surface area contributed by atoms with Crippen molar-refractivity contribution in [3.63, 3.8) is 0 Å². The molecule has 2 heterocycles. The van der Waals surface area contributed by atoms with Gasteiger partial charge in [-0.15, -0.1) is 0 Å². The van der Waals surface area contributed by atoms with Gasteiger partial charge in [0.2, 0.25) is 5.91 Å². The maximum atomic E-state index is 11.2. The Labute approximate surface area is 172 Å². The second-order valence-electron chi connectivity index (χ2n) is 7.32. The molecule has 1 amide bonds. The Hall–Kier alpha value is -2.80. The molecule has 0 spiro atoms. The Morgan fingerprint density at radius 2 is 2.00 bits per heavy atom. The molecule has 29 heavy (non-hydrogen) atoms. The van der Waals surface area contributed by atoms with Crippen LogP contribution in [0.2, 0.25) is 0 Å². The number of carbonyl (C=O) groups is 1. The topological polar surface area (TPSA) is 81.9 Å². The van der Waals surface area contributed by atoms with E-state index in [-0.39, 0.29) is 11.9 Å². The molecule has 0 radical (unpaired) electrons. The summed E-state index contributed by atoms with van der Waals surface area (Å²) >= 11 is 0. The number of carbonyl (C=O) groups excluding carboxylic acids is 1. The molecule has 0 bridgehead atoms. The van der Waals surface area contributed by atoms with E-state index in [1.54, 1.807) is 13.3 Å². The van der Waals surface area contributed by atoms with E-state index in [1.807, 2.05) is 36.4 Å². The number of guanidine groups is 1. The smallest absolute Gasteiger partial charge is 0.221 e. The third kappa shape index (κ3) is 6.35. The normalized spacial score (nSPS) is 16.3. The second kappa shape index (κ2) is 10.7. The van der Waals surface area contributed by atoms with Crippen LogP contribution in [0.25, 0.3) is 0 Å². The van der Waals surface area contributed by atoms with Gasteiger partial charge in [0, 0.05) is 32.7 Å². The van der Waals surface area contributed by atoms with Crippen molar-refractivity contribution in [2.45, 2.75) is 38.8 Å². The molecule has 2 aromatic rings. The number of hydrogen-bond donors (Lipinski definition) is 3. The van der Waals surface area contributed by atoms with Gasteiger partial charge in [-0.05, 0) is 55.8 Å². The maximum Gasteiger partial charge on any atom is 0.221 e. The average molecular weight is 398 g/mol. The van der Waals surface area contributed by atoms with E-state index >= 15 is 0 Å². The number of aliphatic imine (C=N–C) groups is 1. The van der Waals surface area contributed by atoms with Gasteiger partial charge in [0.25, 0.3) is 0 Å². The molecule has 1 aliphatic heterocycles. The summed E-state index contributed by atoms with van der Waals surface area (Å²) in [5.41, 5.74) is 1.86. The van der Waals surface area contributed by atoms with E-state index < -0.39 is 0 Å². The highest BCUT2D eigenvalue weighted by Crippen LogP contribution is 2.24. The van der Waals surface area contributed by atoms with Gasteiger partial charge in [0.1, 0.15) is 5.76 Å². The zero-order chi connectivity index (χ0) is 20.5. The molecule has 3 rings (SSSR count). The lowest BCUT2D eigenvalue weighted by Gasteiger charge is -2.33. The van der Waals surface area contributed by atoms with Gasteiger partial charge < -0.3 is 20.4 Å². The van der Waals surface area contributed by atoms with Crippen molar-refractivity contribution in [3.8, 4) is 0 Å². The highest BCUT2D eigenvalue weighted by molar-refractivity contribution is 5.88. The molecule has 1 fully saturated rings. The van der Waals surface area contributed by atoms with Crippen LogP contribution in [0, 0.1) is 0 Å². The third-order valence-electron chi connectivity index (χ3n) is 5.10. The van der Waals surface area contributed by atoms with E-state index in [9.17, 15) is 4.79 Å². The standard InChI is InChI=1S/C22H31N5O2/c1-17(28)26-19-9-6-8-18(14-19)15-24-22(23-2)25-16-20(21-10-7-13-29-21)27-11-4-3-5-12-27/h6-10,13-14,20H,3-5,11-12,15-16H2,1-2H3,(H,26,28)(H2,23,24,25). The van der Waals surface area contributed by atoms with E-state index in [0.29, 0.717) is 6.54 Å². The van der Waals surface area contributed by atoms with Crippen LogP contribution in [0.4, 0.5) is 5.69 Å². The lowest BCUT2D eigenvalue weighted by molar-refractivity contribution is -0.114. The number of rotatable bonds is 7. The monoisotopic (exact) mass is 397 g/mol. The molecule has 1 atom stereocenters. The summed E-state index contributed by atoms with van der Waals surface area (Å²) in [6, 6.07) is 12.0. The first-order valence-corrected chi connectivity index (χ1v) is 10.2. The maximum absolute atomic E-state index is 11.2. The average Bonchev–Trinajstić information content (AvgIpc) is 3.25. The molecule has 7 heteroatoms. The van der Waals surface area contributed by atoms with Crippen LogP contribution in [-0.4, -0.2) is 43.4 Å². The van der Waals surface area contributed by atoms with Crippen molar-refractivity contribution >= 4 is 17.6 Å². The summed E-state index contributed by atoms with van der Waals surface area (Å²) in [5, 5.41) is 9.60. The first-order chi connectivity index (χ1) is 14.2. The molecular weight excluding hydrogens is 366 g/mol. The van der Waals surface area contributed by atoms with Crippen LogP contribution in [0.1, 0.15) is 43.6 Å². The SMILES string of the molecule is CN=C(NCc1cccc(NC(C)=O)c1)NCC(c1ccco1)N1CCCCC1. The van der Waals surface area contributed by atoms with Gasteiger partial charge in [0.05, 0.1) is 12.3 Å². The first-order valence-electron chi connectivity index (χ1n) is 10.2. The molecule has 1 unspecified atom stereocenters. The predicted octanol–water partition coefficient (Wildman–Crippen LogP) is 3.13. The fraction of sp³-hybridized carbons (Fsp3) is 0.455. The lowest BCUT2D eigenvalue weighted by Crippen LogP contribution is -2.44. The summed E-state index contributed by atoms with van der Waals surface area (Å²) in [5.74, 6) is 1.65. The molecular formula is C22H31N5O2. The molecule has 0 saturated carbocycles. The summed E-state index contributed by atoms with van der Waals surface area (Å²) in [6.45, 7) is 5.03. The van der Waals surface area contributed by atoms with Crippen molar-refractivity contribution < 1.29 is 9.21 Å². The van der Waals surface area contributed by atoms with E-state index in [0.717, 1.165) is 42.6 Å². The van der Waals surface area contributed by atoms with E-state index in [4.69, 9.17) is 4.42 Å². The number of hydrogen-bond acceptors (Lipinski definition) is 4. The van der Waals surface area contributed by atoms with Gasteiger partial charge in [-0.1, -0.05) is 18.6 Å². The van der Waals surface area contributed by atoms with Crippen LogP contribution >= 0.6 is 0 Å². The molecule has 7 nitrogen and oxygen atoms in total. The molecule has 1 saturated heterocycles. The second-order valence-corrected chi connectivity index (χ2v) is 7.32. The van der Waals surface area contributed by atoms with Gasteiger partial charge >= 0.3 is 0 Å². The first kappa shape index (κ1) is 20.9. The van der Waals surface area contributed by atoms with Crippen molar-refractivity contribution in [1.82, 2.24) is 15.5 Å². The molecule has 0 aliphatic carbocycles. The number of benzene rings is 1. The van der Waals surface area contributed by atoms with Crippen LogP contribution in [0.15, 0.2) is 52.1 Å². The van der Waals surface area contributed by atoms with Gasteiger partial charge in [-0.2, -0.15) is 0 Å². The molecule has 1 aromatic heterocycles. The van der Waals surface area contributed by atoms with E-state index in [1.165, 1.54) is 26.2 Å². The number of nitrogens with zero attached hydrogens (tertiary/aromatic N) is 2. The number of piperidine rings is 1. The van der Waals surface area contributed by atoms with Crippen LogP contribution in [0.5, 0.6) is 0 Å². The number of nitrogens with one attached hydrogen (secondary N) is 3. The minimum atomic E-state index is -0.0748. The molecule has 1 aliphatic rings. The third-order valence-corrected chi connectivity index (χ3v) is 5.10. The Morgan fingerprint density at radius 1 is 1.17 bits per heavy atom. The van der Waals surface area contributed by atoms with Gasteiger partial charge in [0.15, 0.2) is 5.96 Å². The van der Waals surface area contributed by atoms with Crippen LogP contribution in [0.3, 0.4) is 0 Å². The van der Waals surface area contributed by atoms with Crippen molar-refractivity contribution in [3.05, 3.63) is 54.0 Å². The number of anilines is 1.